The summed E-state index contributed by atoms with van der Waals surface area (Å²) in [6.07, 6.45) is -1.41. The van der Waals surface area contributed by atoms with Crippen molar-refractivity contribution < 1.29 is 33.5 Å². The van der Waals surface area contributed by atoms with Gasteiger partial charge in [-0.25, -0.2) is 14.6 Å². The first-order valence-electron chi connectivity index (χ1n) is 20.3. The van der Waals surface area contributed by atoms with Crippen LogP contribution in [-0.2, 0) is 34.3 Å². The van der Waals surface area contributed by atoms with Crippen LogP contribution in [0.4, 0.5) is 9.93 Å². The fraction of sp³-hybridized carbons (Fsp3) is 0.184. The second kappa shape index (κ2) is 19.0. The van der Waals surface area contributed by atoms with Crippen molar-refractivity contribution in [2.24, 2.45) is 5.16 Å². The van der Waals surface area contributed by atoms with Crippen LogP contribution in [0.1, 0.15) is 66.8 Å². The number of thiol groups is 1. The van der Waals surface area contributed by atoms with Gasteiger partial charge in [0.1, 0.15) is 22.4 Å². The lowest BCUT2D eigenvalue weighted by Gasteiger charge is -2.46. The molecule has 0 radical (unpaired) electrons. The van der Waals surface area contributed by atoms with E-state index in [1.807, 2.05) is 152 Å². The molecule has 1 aromatic heterocycles. The van der Waals surface area contributed by atoms with E-state index in [4.69, 9.17) is 26.9 Å². The number of hydrogen-bond acceptors (Lipinski definition) is 12. The zero-order chi connectivity index (χ0) is 44.8. The zero-order valence-corrected chi connectivity index (χ0v) is 37.4. The Morgan fingerprint density at radius 1 is 0.781 bits per heavy atom. The highest BCUT2D eigenvalue weighted by Gasteiger charge is 2.49. The van der Waals surface area contributed by atoms with Gasteiger partial charge in [-0.2, -0.15) is 0 Å². The summed E-state index contributed by atoms with van der Waals surface area (Å²) in [5.74, 6) is -1.80. The number of thiazole rings is 1. The van der Waals surface area contributed by atoms with E-state index in [1.165, 1.54) is 16.7 Å². The summed E-state index contributed by atoms with van der Waals surface area (Å²) in [7, 11) is 0. The Bertz CT molecular complexity index is 2560. The van der Waals surface area contributed by atoms with Crippen molar-refractivity contribution >= 4 is 70.4 Å². The molecule has 3 amide bonds. The number of aromatic nitrogens is 1. The largest absolute Gasteiger partial charge is 0.448 e. The molecule has 1 fully saturated rings. The second-order valence-corrected chi connectivity index (χ2v) is 18.4. The van der Waals surface area contributed by atoms with Crippen LogP contribution in [0.5, 0.6) is 0 Å². The number of rotatable bonds is 13. The van der Waals surface area contributed by atoms with Gasteiger partial charge in [0.05, 0.1) is 11.8 Å². The summed E-state index contributed by atoms with van der Waals surface area (Å²) in [5.41, 5.74) is 1.27. The summed E-state index contributed by atoms with van der Waals surface area (Å²) in [5, 5.41) is 10.6. The lowest BCUT2D eigenvalue weighted by Crippen LogP contribution is -2.57. The topological polar surface area (TPSA) is 149 Å². The smallest absolute Gasteiger partial charge is 0.413 e. The molecular formula is C49H43N5O7S3. The molecule has 6 aromatic rings. The third-order valence-corrected chi connectivity index (χ3v) is 12.9. The van der Waals surface area contributed by atoms with Gasteiger partial charge in [-0.15, -0.1) is 35.7 Å². The van der Waals surface area contributed by atoms with Crippen molar-refractivity contribution in [2.75, 3.05) is 5.32 Å². The first kappa shape index (κ1) is 43.9. The summed E-state index contributed by atoms with van der Waals surface area (Å²) in [6.45, 7) is 5.23. The number of carbonyl (C=O) groups excluding carboxylic acids is 4. The molecule has 2 atom stereocenters. The number of anilines is 1. The highest BCUT2D eigenvalue weighted by Crippen LogP contribution is 2.46. The van der Waals surface area contributed by atoms with Crippen LogP contribution in [0.2, 0.25) is 0 Å². The van der Waals surface area contributed by atoms with Crippen LogP contribution in [0.15, 0.2) is 173 Å². The molecule has 2 aliphatic heterocycles. The first-order valence-corrected chi connectivity index (χ1v) is 22.6. The maximum Gasteiger partial charge on any atom is 0.413 e. The van der Waals surface area contributed by atoms with E-state index in [2.05, 4.69) is 20.8 Å². The van der Waals surface area contributed by atoms with E-state index in [0.29, 0.717) is 0 Å². The predicted molar refractivity (Wildman–Crippen MR) is 250 cm³/mol. The molecule has 0 aliphatic carbocycles. The van der Waals surface area contributed by atoms with Crippen LogP contribution in [0, 0.1) is 0 Å². The van der Waals surface area contributed by atoms with Crippen molar-refractivity contribution in [2.45, 2.75) is 55.2 Å². The standard InChI is InChI=1S/C49H43N5O7S3/c1-48(2,3)60-47(58)52-46-50-36(30-63-46)39(53-61-49(33-23-13-6-14-24-33,34-25-15-7-16-26-34)35-27-17-8-18-28-35)43(56)51-44-42(62)40(54-37(55)29-38(54)64-44)45(57)59-41(31-19-9-4-10-20-31)32-21-11-5-12-22-32/h4-28,30,38,41,44,62H,29H2,1-3H3,(H,51,56)(H,50,52,58)/b53-39-. The zero-order valence-electron chi connectivity index (χ0n) is 34.9. The monoisotopic (exact) mass is 909 g/mol. The second-order valence-electron chi connectivity index (χ2n) is 15.7. The van der Waals surface area contributed by atoms with Crippen molar-refractivity contribution in [3.05, 3.63) is 201 Å². The maximum absolute atomic E-state index is 14.9. The Hall–Kier alpha value is -6.68. The van der Waals surface area contributed by atoms with E-state index in [-0.39, 0.29) is 39.5 Å². The van der Waals surface area contributed by atoms with Gasteiger partial charge in [0.2, 0.25) is 11.5 Å². The van der Waals surface area contributed by atoms with E-state index >= 15 is 0 Å². The summed E-state index contributed by atoms with van der Waals surface area (Å²) < 4.78 is 11.7. The number of thioether (sulfide) groups is 1. The fourth-order valence-corrected chi connectivity index (χ4v) is 9.74. The van der Waals surface area contributed by atoms with Crippen LogP contribution in [-0.4, -0.2) is 55.8 Å². The molecule has 2 unspecified atom stereocenters. The van der Waals surface area contributed by atoms with Gasteiger partial charge in [0, 0.05) is 27.0 Å². The third kappa shape index (κ3) is 9.47. The molecule has 0 spiro atoms. The van der Waals surface area contributed by atoms with Gasteiger partial charge >= 0.3 is 12.1 Å². The summed E-state index contributed by atoms with van der Waals surface area (Å²) in [6, 6.07) is 47.2. The number of β-lactam (4-membered cyclic amide) rings is 1. The number of oxime groups is 1. The molecule has 1 saturated heterocycles. The van der Waals surface area contributed by atoms with Crippen LogP contribution < -0.4 is 10.6 Å². The first-order chi connectivity index (χ1) is 30.9. The minimum absolute atomic E-state index is 0.0750. The van der Waals surface area contributed by atoms with Crippen molar-refractivity contribution in [3.8, 4) is 0 Å². The number of esters is 1. The number of fused-ring (bicyclic) bond motifs is 1. The lowest BCUT2D eigenvalue weighted by molar-refractivity contribution is -0.151. The lowest BCUT2D eigenvalue weighted by atomic mass is 9.80. The maximum atomic E-state index is 14.9. The summed E-state index contributed by atoms with van der Waals surface area (Å²) >= 11 is 7.12. The summed E-state index contributed by atoms with van der Waals surface area (Å²) in [4.78, 5) is 67.9. The molecule has 2 aliphatic rings. The SMILES string of the molecule is CC(C)(C)OC(=O)Nc1nc(/C(=N/OC(c2ccccc2)(c2ccccc2)c2ccccc2)C(=O)NC2SC3CC(=O)N3C(C(=O)OC(c3ccccc3)c3ccccc3)=C2S)cs1. The third-order valence-electron chi connectivity index (χ3n) is 10.2. The number of carbonyl (C=O) groups is 4. The average Bonchev–Trinajstić information content (AvgIpc) is 3.76. The molecule has 2 N–H and O–H groups in total. The molecule has 0 bridgehead atoms. The Kier molecular flexibility index (Phi) is 13.0. The highest BCUT2D eigenvalue weighted by atomic mass is 32.2. The molecule has 8 rings (SSSR count). The molecule has 324 valence electrons. The molecule has 15 heteroatoms. The molecule has 12 nitrogen and oxygen atoms in total. The van der Waals surface area contributed by atoms with E-state index in [1.54, 1.807) is 26.2 Å². The van der Waals surface area contributed by atoms with Gasteiger partial charge in [-0.3, -0.25) is 19.8 Å². The predicted octanol–water partition coefficient (Wildman–Crippen LogP) is 9.42. The molecule has 64 heavy (non-hydrogen) atoms. The van der Waals surface area contributed by atoms with Crippen LogP contribution in [0.25, 0.3) is 0 Å². The highest BCUT2D eigenvalue weighted by molar-refractivity contribution is 8.02. The van der Waals surface area contributed by atoms with E-state index in [0.717, 1.165) is 39.2 Å². The van der Waals surface area contributed by atoms with Gasteiger partial charge in [0.15, 0.2) is 16.9 Å². The Morgan fingerprint density at radius 2 is 1.28 bits per heavy atom. The molecule has 0 saturated carbocycles. The quantitative estimate of drug-likeness (QED) is 0.0257. The Morgan fingerprint density at radius 3 is 1.77 bits per heavy atom. The van der Waals surface area contributed by atoms with E-state index < -0.39 is 46.0 Å². The van der Waals surface area contributed by atoms with E-state index in [9.17, 15) is 19.2 Å². The number of nitrogens with one attached hydrogen (secondary N) is 2. The molecule has 3 heterocycles. The average molecular weight is 910 g/mol. The van der Waals surface area contributed by atoms with Crippen LogP contribution in [0.3, 0.4) is 0 Å². The molecule has 5 aromatic carbocycles. The van der Waals surface area contributed by atoms with Crippen molar-refractivity contribution in [1.29, 1.82) is 0 Å². The Balaban J connectivity index is 1.18. The number of amides is 3. The van der Waals surface area contributed by atoms with Gasteiger partial charge in [-0.1, -0.05) is 157 Å². The van der Waals surface area contributed by atoms with Gasteiger partial charge < -0.3 is 19.6 Å². The number of benzene rings is 5. The van der Waals surface area contributed by atoms with Crippen molar-refractivity contribution in [1.82, 2.24) is 15.2 Å². The number of hydrogen-bond donors (Lipinski definition) is 3. The fourth-order valence-electron chi connectivity index (χ4n) is 7.30. The molecular weight excluding hydrogens is 867 g/mol. The number of nitrogens with zero attached hydrogens (tertiary/aromatic N) is 3. The minimum atomic E-state index is -1.37. The Labute approximate surface area is 384 Å². The van der Waals surface area contributed by atoms with Crippen LogP contribution >= 0.6 is 35.7 Å². The van der Waals surface area contributed by atoms with Gasteiger partial charge in [0.25, 0.3) is 5.91 Å². The normalized spacial score (nSPS) is 16.4. The minimum Gasteiger partial charge on any atom is -0.448 e. The van der Waals surface area contributed by atoms with Crippen molar-refractivity contribution in [3.63, 3.8) is 0 Å². The number of ether oxygens (including phenoxy) is 2. The van der Waals surface area contributed by atoms with Gasteiger partial charge in [-0.05, 0) is 31.9 Å².